The van der Waals surface area contributed by atoms with E-state index in [4.69, 9.17) is 27.9 Å². The van der Waals surface area contributed by atoms with E-state index in [0.29, 0.717) is 28.7 Å². The highest BCUT2D eigenvalue weighted by Crippen LogP contribution is 2.31. The summed E-state index contributed by atoms with van der Waals surface area (Å²) in [5.74, 6) is 1.56. The molecule has 1 amide bonds. The van der Waals surface area contributed by atoms with Gasteiger partial charge < -0.3 is 19.9 Å². The maximum absolute atomic E-state index is 13.3. The van der Waals surface area contributed by atoms with E-state index < -0.39 is 0 Å². The number of aromatic nitrogens is 1. The van der Waals surface area contributed by atoms with Crippen LogP contribution in [0.4, 0.5) is 11.5 Å². The number of amides is 1. The number of hydrogen-bond acceptors (Lipinski definition) is 6. The van der Waals surface area contributed by atoms with Gasteiger partial charge in [0.05, 0.1) is 18.4 Å². The van der Waals surface area contributed by atoms with E-state index in [1.807, 2.05) is 37.4 Å². The Kier molecular flexibility index (Phi) is 9.14. The molecule has 0 saturated heterocycles. The van der Waals surface area contributed by atoms with E-state index in [2.05, 4.69) is 39.2 Å². The molecule has 0 radical (unpaired) electrons. The van der Waals surface area contributed by atoms with Crippen LogP contribution < -0.4 is 15.0 Å². The number of anilines is 2. The molecule has 7 nitrogen and oxygen atoms in total. The van der Waals surface area contributed by atoms with Crippen LogP contribution in [-0.4, -0.2) is 67.6 Å². The maximum Gasteiger partial charge on any atom is 0.255 e. The molecule has 9 heteroatoms. The molecule has 2 aromatic carbocycles. The Hall–Kier alpha value is -3.00. The SMILES string of the molecule is CCN(CCN(C)C(=O)c1cnc2c(c1)N(Cc1cc(Cl)ccc1Cl)CCN2)Cc1ccc(OC)cc1. The molecule has 0 fully saturated rings. The number of likely N-dealkylation sites (N-methyl/N-ethyl adjacent to an activating group) is 2. The minimum absolute atomic E-state index is 0.0536. The fourth-order valence-corrected chi connectivity index (χ4v) is 4.73. The summed E-state index contributed by atoms with van der Waals surface area (Å²) < 4.78 is 5.25. The lowest BCUT2D eigenvalue weighted by Gasteiger charge is -2.32. The normalized spacial score (nSPS) is 12.8. The first-order valence-corrected chi connectivity index (χ1v) is 13.2. The minimum Gasteiger partial charge on any atom is -0.497 e. The van der Waals surface area contributed by atoms with Crippen molar-refractivity contribution in [1.29, 1.82) is 0 Å². The number of carbonyl (C=O) groups excluding carboxylic acids is 1. The number of carbonyl (C=O) groups is 1. The van der Waals surface area contributed by atoms with Crippen molar-refractivity contribution in [1.82, 2.24) is 14.8 Å². The van der Waals surface area contributed by atoms with Crippen molar-refractivity contribution in [3.63, 3.8) is 0 Å². The monoisotopic (exact) mass is 541 g/mol. The van der Waals surface area contributed by atoms with E-state index in [9.17, 15) is 4.79 Å². The van der Waals surface area contributed by atoms with Gasteiger partial charge in [0.1, 0.15) is 11.6 Å². The zero-order chi connectivity index (χ0) is 26.4. The lowest BCUT2D eigenvalue weighted by Crippen LogP contribution is -2.37. The molecule has 37 heavy (non-hydrogen) atoms. The Labute approximate surface area is 228 Å². The van der Waals surface area contributed by atoms with Crippen molar-refractivity contribution in [2.45, 2.75) is 20.0 Å². The lowest BCUT2D eigenvalue weighted by atomic mass is 10.1. The van der Waals surface area contributed by atoms with Gasteiger partial charge in [0.2, 0.25) is 0 Å². The highest BCUT2D eigenvalue weighted by Gasteiger charge is 2.22. The molecule has 0 unspecified atom stereocenters. The second kappa shape index (κ2) is 12.5. The van der Waals surface area contributed by atoms with Crippen molar-refractivity contribution in [3.8, 4) is 5.75 Å². The van der Waals surface area contributed by atoms with E-state index in [1.54, 1.807) is 24.3 Å². The smallest absolute Gasteiger partial charge is 0.255 e. The summed E-state index contributed by atoms with van der Waals surface area (Å²) in [5, 5.41) is 4.64. The number of ether oxygens (including phenoxy) is 1. The number of nitrogens with zero attached hydrogens (tertiary/aromatic N) is 4. The number of nitrogens with one attached hydrogen (secondary N) is 1. The molecule has 1 aliphatic rings. The number of fused-ring (bicyclic) bond motifs is 1. The molecule has 0 atom stereocenters. The predicted octanol–water partition coefficient (Wildman–Crippen LogP) is 5.42. The van der Waals surface area contributed by atoms with Crippen molar-refractivity contribution in [2.24, 2.45) is 0 Å². The molecule has 4 rings (SSSR count). The van der Waals surface area contributed by atoms with Crippen molar-refractivity contribution in [2.75, 3.05) is 57.1 Å². The van der Waals surface area contributed by atoms with Crippen LogP contribution in [0.2, 0.25) is 10.0 Å². The fraction of sp³-hybridized carbons (Fsp3) is 0.357. The van der Waals surface area contributed by atoms with Gasteiger partial charge in [-0.05, 0) is 54.1 Å². The summed E-state index contributed by atoms with van der Waals surface area (Å²) in [7, 11) is 3.51. The Morgan fingerprint density at radius 3 is 2.65 bits per heavy atom. The molecule has 3 aromatic rings. The first-order valence-electron chi connectivity index (χ1n) is 12.4. The molecule has 0 spiro atoms. The molecule has 0 bridgehead atoms. The Balaban J connectivity index is 1.41. The zero-order valence-corrected chi connectivity index (χ0v) is 23.0. The summed E-state index contributed by atoms with van der Waals surface area (Å²) in [4.78, 5) is 24.1. The third kappa shape index (κ3) is 6.86. The van der Waals surface area contributed by atoms with Gasteiger partial charge in [-0.25, -0.2) is 4.98 Å². The van der Waals surface area contributed by atoms with Gasteiger partial charge in [0.25, 0.3) is 5.91 Å². The average Bonchev–Trinajstić information content (AvgIpc) is 2.92. The van der Waals surface area contributed by atoms with Crippen LogP contribution in [0.25, 0.3) is 0 Å². The number of methoxy groups -OCH3 is 1. The number of benzene rings is 2. The molecule has 0 aliphatic carbocycles. The molecular weight excluding hydrogens is 509 g/mol. The van der Waals surface area contributed by atoms with Crippen molar-refractivity contribution < 1.29 is 9.53 Å². The highest BCUT2D eigenvalue weighted by atomic mass is 35.5. The first kappa shape index (κ1) is 27.0. The summed E-state index contributed by atoms with van der Waals surface area (Å²) in [6, 6.07) is 15.5. The van der Waals surface area contributed by atoms with E-state index in [-0.39, 0.29) is 5.91 Å². The molecule has 2 heterocycles. The summed E-state index contributed by atoms with van der Waals surface area (Å²) in [6.45, 7) is 7.32. The van der Waals surface area contributed by atoms with Gasteiger partial charge in [0, 0.05) is 62.6 Å². The van der Waals surface area contributed by atoms with Crippen LogP contribution in [0.3, 0.4) is 0 Å². The highest BCUT2D eigenvalue weighted by molar-refractivity contribution is 6.33. The minimum atomic E-state index is -0.0536. The van der Waals surface area contributed by atoms with Gasteiger partial charge in [-0.3, -0.25) is 9.69 Å². The van der Waals surface area contributed by atoms with Gasteiger partial charge in [-0.2, -0.15) is 0 Å². The van der Waals surface area contributed by atoms with E-state index >= 15 is 0 Å². The predicted molar refractivity (Wildman–Crippen MR) is 151 cm³/mol. The number of halogens is 2. The molecule has 1 aliphatic heterocycles. The molecule has 1 aromatic heterocycles. The van der Waals surface area contributed by atoms with Crippen LogP contribution in [0, 0.1) is 0 Å². The molecule has 0 saturated carbocycles. The standard InChI is InChI=1S/C28H33Cl2N5O2/c1-4-34(18-20-5-8-24(37-3)9-6-20)14-13-33(2)28(36)21-16-26-27(32-17-21)31-11-12-35(26)19-22-15-23(29)7-10-25(22)30/h5-10,15-17H,4,11-14,18-19H2,1-3H3,(H,31,32). The number of rotatable bonds is 10. The Morgan fingerprint density at radius 1 is 1.14 bits per heavy atom. The quantitative estimate of drug-likeness (QED) is 0.369. The zero-order valence-electron chi connectivity index (χ0n) is 21.5. The molecule has 196 valence electrons. The second-order valence-electron chi connectivity index (χ2n) is 9.12. The van der Waals surface area contributed by atoms with Gasteiger partial charge in [-0.15, -0.1) is 0 Å². The third-order valence-electron chi connectivity index (χ3n) is 6.61. The number of hydrogen-bond donors (Lipinski definition) is 1. The Bertz CT molecular complexity index is 1220. The van der Waals surface area contributed by atoms with Gasteiger partial charge in [-0.1, -0.05) is 42.3 Å². The van der Waals surface area contributed by atoms with Crippen LogP contribution in [0.1, 0.15) is 28.4 Å². The van der Waals surface area contributed by atoms with E-state index in [1.165, 1.54) is 5.56 Å². The van der Waals surface area contributed by atoms with Crippen molar-refractivity contribution >= 4 is 40.6 Å². The van der Waals surface area contributed by atoms with Gasteiger partial charge in [0.15, 0.2) is 0 Å². The fourth-order valence-electron chi connectivity index (χ4n) is 4.36. The largest absolute Gasteiger partial charge is 0.497 e. The van der Waals surface area contributed by atoms with E-state index in [0.717, 1.165) is 55.5 Å². The van der Waals surface area contributed by atoms with Crippen LogP contribution in [0.5, 0.6) is 5.75 Å². The maximum atomic E-state index is 13.3. The summed E-state index contributed by atoms with van der Waals surface area (Å²) in [6.07, 6.45) is 1.65. The van der Waals surface area contributed by atoms with Crippen LogP contribution in [0.15, 0.2) is 54.7 Å². The third-order valence-corrected chi connectivity index (χ3v) is 7.21. The molecule has 1 N–H and O–H groups in total. The topological polar surface area (TPSA) is 60.9 Å². The first-order chi connectivity index (χ1) is 17.9. The lowest BCUT2D eigenvalue weighted by molar-refractivity contribution is 0.0777. The van der Waals surface area contributed by atoms with Gasteiger partial charge >= 0.3 is 0 Å². The Morgan fingerprint density at radius 2 is 1.92 bits per heavy atom. The summed E-state index contributed by atoms with van der Waals surface area (Å²) >= 11 is 12.6. The second-order valence-corrected chi connectivity index (χ2v) is 9.96. The number of pyridine rings is 1. The van der Waals surface area contributed by atoms with Crippen molar-refractivity contribution in [3.05, 3.63) is 81.5 Å². The van der Waals surface area contributed by atoms with Crippen LogP contribution in [-0.2, 0) is 13.1 Å². The average molecular weight is 543 g/mol. The molecular formula is C28H33Cl2N5O2. The summed E-state index contributed by atoms with van der Waals surface area (Å²) in [5.41, 5.74) is 3.59. The van der Waals surface area contributed by atoms with Crippen LogP contribution >= 0.6 is 23.2 Å².